The lowest BCUT2D eigenvalue weighted by atomic mass is 9.69. The lowest BCUT2D eigenvalue weighted by Crippen LogP contribution is -2.41. The molecule has 4 aromatic rings. The minimum Gasteiger partial charge on any atom is -0.462 e. The van der Waals surface area contributed by atoms with E-state index in [4.69, 9.17) is 9.47 Å². The Bertz CT molecular complexity index is 1630. The van der Waals surface area contributed by atoms with Gasteiger partial charge in [-0.2, -0.15) is 0 Å². The van der Waals surface area contributed by atoms with E-state index >= 15 is 4.39 Å². The first-order chi connectivity index (χ1) is 20.4. The van der Waals surface area contributed by atoms with Gasteiger partial charge in [-0.25, -0.2) is 9.18 Å². The van der Waals surface area contributed by atoms with Crippen molar-refractivity contribution in [3.8, 4) is 0 Å². The molecular formula is C35H34FNO5. The number of carbonyl (C=O) groups is 2. The van der Waals surface area contributed by atoms with E-state index in [1.165, 1.54) is 12.3 Å². The van der Waals surface area contributed by atoms with Gasteiger partial charge < -0.3 is 14.0 Å². The highest BCUT2D eigenvalue weighted by atomic mass is 19.1. The van der Waals surface area contributed by atoms with Crippen molar-refractivity contribution in [2.75, 3.05) is 6.61 Å². The number of ether oxygens (including phenoxy) is 2. The molecule has 0 saturated heterocycles. The Balaban J connectivity index is 1.47. The quantitative estimate of drug-likeness (QED) is 0.211. The SMILES string of the molecule is CCOC(=O)c1cn(C2CC2)c2cc(C3(C(=O)OC(c4ccccc4)c4ccccc4)CCCCC3)c(F)cc2c1=O. The molecule has 0 aliphatic heterocycles. The molecule has 2 aliphatic carbocycles. The lowest BCUT2D eigenvalue weighted by Gasteiger charge is -2.37. The number of hydrogen-bond donors (Lipinski definition) is 0. The molecule has 0 radical (unpaired) electrons. The zero-order chi connectivity index (χ0) is 29.3. The highest BCUT2D eigenvalue weighted by Gasteiger charge is 2.46. The number of aromatic nitrogens is 1. The monoisotopic (exact) mass is 567 g/mol. The van der Waals surface area contributed by atoms with Crippen molar-refractivity contribution < 1.29 is 23.5 Å². The number of esters is 2. The maximum atomic E-state index is 16.2. The summed E-state index contributed by atoms with van der Waals surface area (Å²) in [6, 6.07) is 22.1. The molecule has 0 N–H and O–H groups in total. The zero-order valence-corrected chi connectivity index (χ0v) is 23.7. The van der Waals surface area contributed by atoms with Crippen molar-refractivity contribution in [1.82, 2.24) is 4.57 Å². The second-order valence-electron chi connectivity index (χ2n) is 11.3. The van der Waals surface area contributed by atoms with Gasteiger partial charge in [0.25, 0.3) is 0 Å². The van der Waals surface area contributed by atoms with Crippen LogP contribution in [-0.2, 0) is 19.7 Å². The molecule has 7 heteroatoms. The van der Waals surface area contributed by atoms with E-state index in [0.29, 0.717) is 18.4 Å². The Morgan fingerprint density at radius 3 is 2.14 bits per heavy atom. The number of carbonyl (C=O) groups excluding carboxylic acids is 2. The van der Waals surface area contributed by atoms with Crippen molar-refractivity contribution in [2.24, 2.45) is 0 Å². The summed E-state index contributed by atoms with van der Waals surface area (Å²) in [4.78, 5) is 40.3. The fourth-order valence-corrected chi connectivity index (χ4v) is 6.29. The fourth-order valence-electron chi connectivity index (χ4n) is 6.29. The van der Waals surface area contributed by atoms with Gasteiger partial charge in [-0.3, -0.25) is 9.59 Å². The molecule has 0 bridgehead atoms. The summed E-state index contributed by atoms with van der Waals surface area (Å²) in [6.45, 7) is 1.80. The average Bonchev–Trinajstić information content (AvgIpc) is 3.87. The normalized spacial score (nSPS) is 16.4. The molecule has 0 atom stereocenters. The molecule has 6 rings (SSSR count). The van der Waals surface area contributed by atoms with Crippen molar-refractivity contribution >= 4 is 22.8 Å². The fraction of sp³-hybridized carbons (Fsp3) is 0.343. The Morgan fingerprint density at radius 1 is 0.952 bits per heavy atom. The maximum absolute atomic E-state index is 16.2. The van der Waals surface area contributed by atoms with E-state index in [0.717, 1.165) is 43.2 Å². The third kappa shape index (κ3) is 5.13. The molecule has 0 spiro atoms. The first-order valence-corrected chi connectivity index (χ1v) is 14.8. The standard InChI is InChI=1S/C35H34FNO5/c1-2-41-33(39)27-22-37(25-16-17-25)30-21-28(29(36)20-26(30)31(27)38)35(18-10-5-11-19-35)34(40)42-32(23-12-6-3-7-13-23)24-14-8-4-9-15-24/h3-4,6-9,12-15,20-22,25,32H,2,5,10-11,16-19H2,1H3. The second-order valence-corrected chi connectivity index (χ2v) is 11.3. The molecule has 0 unspecified atom stereocenters. The summed E-state index contributed by atoms with van der Waals surface area (Å²) in [5.41, 5.74) is 0.544. The highest BCUT2D eigenvalue weighted by Crippen LogP contribution is 2.45. The molecule has 6 nitrogen and oxygen atoms in total. The third-order valence-electron chi connectivity index (χ3n) is 8.60. The molecule has 0 amide bonds. The summed E-state index contributed by atoms with van der Waals surface area (Å²) in [7, 11) is 0. The Hall–Kier alpha value is -4.26. The van der Waals surface area contributed by atoms with Crippen LogP contribution in [0.15, 0.2) is 83.8 Å². The minimum absolute atomic E-state index is 0.0920. The molecule has 1 heterocycles. The Labute approximate surface area is 244 Å². The second kappa shape index (κ2) is 11.6. The topological polar surface area (TPSA) is 74.6 Å². The summed E-state index contributed by atoms with van der Waals surface area (Å²) < 4.78 is 29.6. The molecule has 1 aromatic heterocycles. The van der Waals surface area contributed by atoms with E-state index in [-0.39, 0.29) is 29.2 Å². The van der Waals surface area contributed by atoms with Crippen molar-refractivity contribution in [2.45, 2.75) is 69.4 Å². The molecule has 42 heavy (non-hydrogen) atoms. The summed E-state index contributed by atoms with van der Waals surface area (Å²) >= 11 is 0. The van der Waals surface area contributed by atoms with Gasteiger partial charge in [-0.15, -0.1) is 0 Å². The first-order valence-electron chi connectivity index (χ1n) is 14.8. The van der Waals surface area contributed by atoms with E-state index in [2.05, 4.69) is 0 Å². The van der Waals surface area contributed by atoms with E-state index < -0.39 is 34.7 Å². The van der Waals surface area contributed by atoms with Gasteiger partial charge in [0, 0.05) is 23.2 Å². The largest absolute Gasteiger partial charge is 0.462 e. The van der Waals surface area contributed by atoms with Crippen LogP contribution in [0.25, 0.3) is 10.9 Å². The van der Waals surface area contributed by atoms with E-state index in [9.17, 15) is 14.4 Å². The summed E-state index contributed by atoms with van der Waals surface area (Å²) in [5.74, 6) is -1.83. The van der Waals surface area contributed by atoms with Gasteiger partial charge >= 0.3 is 11.9 Å². The van der Waals surface area contributed by atoms with Crippen LogP contribution in [0.2, 0.25) is 0 Å². The number of halogens is 1. The molecule has 3 aromatic carbocycles. The molecular weight excluding hydrogens is 533 g/mol. The van der Waals surface area contributed by atoms with E-state index in [1.807, 2.05) is 65.2 Å². The number of benzene rings is 3. The van der Waals surface area contributed by atoms with Gasteiger partial charge in [0.05, 0.1) is 17.5 Å². The zero-order valence-electron chi connectivity index (χ0n) is 23.7. The molecule has 2 aliphatic rings. The van der Waals surface area contributed by atoms with Gasteiger partial charge in [0.1, 0.15) is 11.4 Å². The molecule has 2 fully saturated rings. The number of rotatable bonds is 8. The molecule has 216 valence electrons. The third-order valence-corrected chi connectivity index (χ3v) is 8.60. The van der Waals surface area contributed by atoms with Crippen molar-refractivity contribution in [3.05, 3.63) is 117 Å². The smallest absolute Gasteiger partial charge is 0.343 e. The number of hydrogen-bond acceptors (Lipinski definition) is 5. The van der Waals surface area contributed by atoms with Gasteiger partial charge in [-0.1, -0.05) is 79.9 Å². The highest BCUT2D eigenvalue weighted by molar-refractivity contribution is 5.95. The van der Waals surface area contributed by atoms with Crippen LogP contribution in [0.4, 0.5) is 4.39 Å². The summed E-state index contributed by atoms with van der Waals surface area (Å²) in [5, 5.41) is 0.111. The van der Waals surface area contributed by atoms with Crippen molar-refractivity contribution in [1.29, 1.82) is 0 Å². The van der Waals surface area contributed by atoms with Crippen LogP contribution < -0.4 is 5.43 Å². The van der Waals surface area contributed by atoms with E-state index in [1.54, 1.807) is 13.0 Å². The Morgan fingerprint density at radius 2 is 1.57 bits per heavy atom. The predicted octanol–water partition coefficient (Wildman–Crippen LogP) is 7.19. The van der Waals surface area contributed by atoms with Crippen LogP contribution in [-0.4, -0.2) is 23.1 Å². The van der Waals surface area contributed by atoms with Gasteiger partial charge in [-0.05, 0) is 55.9 Å². The van der Waals surface area contributed by atoms with Crippen molar-refractivity contribution in [3.63, 3.8) is 0 Å². The minimum atomic E-state index is -1.21. The van der Waals surface area contributed by atoms with Crippen LogP contribution in [0.1, 0.15) is 91.1 Å². The molecule has 2 saturated carbocycles. The number of pyridine rings is 1. The summed E-state index contributed by atoms with van der Waals surface area (Å²) in [6.07, 6.45) is 6.00. The predicted molar refractivity (Wildman–Crippen MR) is 158 cm³/mol. The van der Waals surface area contributed by atoms with Crippen LogP contribution in [0.5, 0.6) is 0 Å². The van der Waals surface area contributed by atoms with Crippen LogP contribution in [0.3, 0.4) is 0 Å². The average molecular weight is 568 g/mol. The first kappa shape index (κ1) is 27.9. The maximum Gasteiger partial charge on any atom is 0.343 e. The number of fused-ring (bicyclic) bond motifs is 1. The van der Waals surface area contributed by atoms with Crippen LogP contribution >= 0.6 is 0 Å². The lowest BCUT2D eigenvalue weighted by molar-refractivity contribution is -0.156. The van der Waals surface area contributed by atoms with Gasteiger partial charge in [0.15, 0.2) is 6.10 Å². The van der Waals surface area contributed by atoms with Gasteiger partial charge in [0.2, 0.25) is 5.43 Å². The Kier molecular flexibility index (Phi) is 7.67. The van der Waals surface area contributed by atoms with Crippen LogP contribution in [0, 0.1) is 5.82 Å². The number of nitrogens with zero attached hydrogens (tertiary/aromatic N) is 1.